The summed E-state index contributed by atoms with van der Waals surface area (Å²) < 4.78 is 0. The van der Waals surface area contributed by atoms with Crippen molar-refractivity contribution in [2.24, 2.45) is 10.9 Å². The van der Waals surface area contributed by atoms with Crippen molar-refractivity contribution in [3.05, 3.63) is 0 Å². The molecule has 0 aromatic carbocycles. The van der Waals surface area contributed by atoms with E-state index in [1.807, 2.05) is 0 Å². The van der Waals surface area contributed by atoms with E-state index in [1.54, 1.807) is 0 Å². The normalized spacial score (nSPS) is 19.1. The summed E-state index contributed by atoms with van der Waals surface area (Å²) in [5.74, 6) is 1.56. The highest BCUT2D eigenvalue weighted by Crippen LogP contribution is 1.99. The summed E-state index contributed by atoms with van der Waals surface area (Å²) >= 11 is 0. The molecule has 1 fully saturated rings. The predicted molar refractivity (Wildman–Crippen MR) is 87.4 cm³/mol. The molecule has 0 aromatic rings. The van der Waals surface area contributed by atoms with Gasteiger partial charge >= 0.3 is 0 Å². The molecule has 0 saturated carbocycles. The highest BCUT2D eigenvalue weighted by molar-refractivity contribution is 5.79. The van der Waals surface area contributed by atoms with Crippen LogP contribution in [0.4, 0.5) is 0 Å². The molecule has 1 heterocycles. The van der Waals surface area contributed by atoms with Gasteiger partial charge in [0.2, 0.25) is 0 Å². The molecule has 0 amide bonds. The van der Waals surface area contributed by atoms with Crippen LogP contribution in [-0.2, 0) is 0 Å². The van der Waals surface area contributed by atoms with Crippen molar-refractivity contribution in [1.82, 2.24) is 20.4 Å². The molecule has 0 spiro atoms. The lowest BCUT2D eigenvalue weighted by Crippen LogP contribution is -2.42. The van der Waals surface area contributed by atoms with Crippen LogP contribution >= 0.6 is 0 Å². The van der Waals surface area contributed by atoms with Gasteiger partial charge < -0.3 is 20.4 Å². The topological polar surface area (TPSA) is 42.9 Å². The summed E-state index contributed by atoms with van der Waals surface area (Å²) in [6, 6.07) is 0. The number of likely N-dealkylation sites (N-methyl/N-ethyl adjacent to an activating group) is 1. The number of nitrogens with zero attached hydrogens (tertiary/aromatic N) is 3. The number of aliphatic imine (C=N–C) groups is 1. The summed E-state index contributed by atoms with van der Waals surface area (Å²) in [6.07, 6.45) is 1.28. The molecule has 1 aliphatic heterocycles. The maximum Gasteiger partial charge on any atom is 0.191 e. The fourth-order valence-corrected chi connectivity index (χ4v) is 2.27. The second-order valence-electron chi connectivity index (χ2n) is 6.04. The smallest absolute Gasteiger partial charge is 0.191 e. The van der Waals surface area contributed by atoms with Crippen LogP contribution in [0.5, 0.6) is 0 Å². The zero-order chi connectivity index (χ0) is 14.8. The van der Waals surface area contributed by atoms with Crippen LogP contribution in [0, 0.1) is 5.92 Å². The first kappa shape index (κ1) is 17.2. The third-order valence-corrected chi connectivity index (χ3v) is 3.49. The van der Waals surface area contributed by atoms with E-state index in [-0.39, 0.29) is 0 Å². The Labute approximate surface area is 124 Å². The second kappa shape index (κ2) is 10.00. The van der Waals surface area contributed by atoms with Crippen LogP contribution in [0.1, 0.15) is 27.2 Å². The summed E-state index contributed by atoms with van der Waals surface area (Å²) in [4.78, 5) is 9.56. The van der Waals surface area contributed by atoms with Crippen molar-refractivity contribution in [3.8, 4) is 0 Å². The zero-order valence-corrected chi connectivity index (χ0v) is 13.8. The molecule has 0 atom stereocenters. The van der Waals surface area contributed by atoms with E-state index >= 15 is 0 Å². The molecule has 0 bridgehead atoms. The Bertz CT molecular complexity index is 277. The molecule has 0 unspecified atom stereocenters. The van der Waals surface area contributed by atoms with Gasteiger partial charge in [-0.1, -0.05) is 13.8 Å². The van der Waals surface area contributed by atoms with E-state index in [2.05, 4.69) is 53.2 Å². The van der Waals surface area contributed by atoms with Crippen molar-refractivity contribution < 1.29 is 0 Å². The van der Waals surface area contributed by atoms with E-state index in [0.717, 1.165) is 32.1 Å². The summed E-state index contributed by atoms with van der Waals surface area (Å²) in [7, 11) is 2.21. The van der Waals surface area contributed by atoms with Gasteiger partial charge in [-0.25, -0.2) is 0 Å². The number of rotatable bonds is 6. The van der Waals surface area contributed by atoms with Gasteiger partial charge in [-0.05, 0) is 39.4 Å². The predicted octanol–water partition coefficient (Wildman–Crippen LogP) is 0.835. The third-order valence-electron chi connectivity index (χ3n) is 3.49. The van der Waals surface area contributed by atoms with Gasteiger partial charge in [0, 0.05) is 39.3 Å². The Kier molecular flexibility index (Phi) is 8.62. The lowest BCUT2D eigenvalue weighted by atomic mass is 10.2. The van der Waals surface area contributed by atoms with E-state index in [1.165, 1.54) is 32.6 Å². The Morgan fingerprint density at radius 1 is 1.15 bits per heavy atom. The molecule has 2 N–H and O–H groups in total. The molecular weight excluding hydrogens is 250 g/mol. The maximum atomic E-state index is 4.59. The SMILES string of the molecule is CCNC(=NCC(C)C)NCCN1CCCN(C)CC1. The molecule has 118 valence electrons. The van der Waals surface area contributed by atoms with Crippen LogP contribution < -0.4 is 10.6 Å². The van der Waals surface area contributed by atoms with Crippen molar-refractivity contribution in [2.45, 2.75) is 27.2 Å². The maximum absolute atomic E-state index is 4.59. The Morgan fingerprint density at radius 2 is 1.95 bits per heavy atom. The highest BCUT2D eigenvalue weighted by Gasteiger charge is 2.11. The zero-order valence-electron chi connectivity index (χ0n) is 13.8. The van der Waals surface area contributed by atoms with Gasteiger partial charge in [0.25, 0.3) is 0 Å². The average molecular weight is 283 g/mol. The van der Waals surface area contributed by atoms with Gasteiger partial charge in [0.15, 0.2) is 5.96 Å². The van der Waals surface area contributed by atoms with Crippen LogP contribution in [0.3, 0.4) is 0 Å². The van der Waals surface area contributed by atoms with Gasteiger partial charge in [-0.3, -0.25) is 4.99 Å². The molecule has 0 radical (unpaired) electrons. The third kappa shape index (κ3) is 7.70. The lowest BCUT2D eigenvalue weighted by Gasteiger charge is -2.21. The molecule has 5 heteroatoms. The Morgan fingerprint density at radius 3 is 2.65 bits per heavy atom. The highest BCUT2D eigenvalue weighted by atomic mass is 15.2. The Balaban J connectivity index is 2.27. The molecule has 0 aliphatic carbocycles. The summed E-state index contributed by atoms with van der Waals surface area (Å²) in [5, 5.41) is 6.75. The average Bonchev–Trinajstić information content (AvgIpc) is 2.61. The minimum Gasteiger partial charge on any atom is -0.357 e. The van der Waals surface area contributed by atoms with E-state index < -0.39 is 0 Å². The van der Waals surface area contributed by atoms with E-state index in [9.17, 15) is 0 Å². The molecule has 20 heavy (non-hydrogen) atoms. The molecule has 0 aromatic heterocycles. The minimum absolute atomic E-state index is 0.603. The van der Waals surface area contributed by atoms with Crippen LogP contribution in [0.2, 0.25) is 0 Å². The number of nitrogens with one attached hydrogen (secondary N) is 2. The van der Waals surface area contributed by atoms with Crippen LogP contribution in [0.15, 0.2) is 4.99 Å². The van der Waals surface area contributed by atoms with Crippen molar-refractivity contribution in [1.29, 1.82) is 0 Å². The first-order valence-electron chi connectivity index (χ1n) is 8.05. The standard InChI is InChI=1S/C15H33N5/c1-5-16-15(18-13-14(2)3)17-7-10-20-9-6-8-19(4)11-12-20/h14H,5-13H2,1-4H3,(H2,16,17,18). The van der Waals surface area contributed by atoms with Crippen molar-refractivity contribution in [3.63, 3.8) is 0 Å². The minimum atomic E-state index is 0.603. The van der Waals surface area contributed by atoms with Crippen molar-refractivity contribution in [2.75, 3.05) is 59.4 Å². The summed E-state index contributed by atoms with van der Waals surface area (Å²) in [5.41, 5.74) is 0. The quantitative estimate of drug-likeness (QED) is 0.560. The van der Waals surface area contributed by atoms with Gasteiger partial charge in [0.05, 0.1) is 0 Å². The van der Waals surface area contributed by atoms with Crippen LogP contribution in [0.25, 0.3) is 0 Å². The first-order valence-corrected chi connectivity index (χ1v) is 8.05. The number of hydrogen-bond acceptors (Lipinski definition) is 3. The fourth-order valence-electron chi connectivity index (χ4n) is 2.27. The van der Waals surface area contributed by atoms with E-state index in [0.29, 0.717) is 5.92 Å². The lowest BCUT2D eigenvalue weighted by molar-refractivity contribution is 0.280. The molecule has 1 saturated heterocycles. The van der Waals surface area contributed by atoms with Crippen LogP contribution in [-0.4, -0.2) is 75.2 Å². The molecule has 1 rings (SSSR count). The van der Waals surface area contributed by atoms with Gasteiger partial charge in [-0.2, -0.15) is 0 Å². The largest absolute Gasteiger partial charge is 0.357 e. The second-order valence-corrected chi connectivity index (χ2v) is 6.04. The molecule has 5 nitrogen and oxygen atoms in total. The van der Waals surface area contributed by atoms with E-state index in [4.69, 9.17) is 0 Å². The Hall–Kier alpha value is -0.810. The first-order chi connectivity index (χ1) is 9.61. The van der Waals surface area contributed by atoms with Gasteiger partial charge in [-0.15, -0.1) is 0 Å². The van der Waals surface area contributed by atoms with Crippen molar-refractivity contribution >= 4 is 5.96 Å². The summed E-state index contributed by atoms with van der Waals surface area (Å²) in [6.45, 7) is 15.2. The number of hydrogen-bond donors (Lipinski definition) is 2. The van der Waals surface area contributed by atoms with Gasteiger partial charge in [0.1, 0.15) is 0 Å². The monoisotopic (exact) mass is 283 g/mol. The fraction of sp³-hybridized carbons (Fsp3) is 0.933. The number of guanidine groups is 1. The molecular formula is C15H33N5. The molecule has 1 aliphatic rings.